The summed E-state index contributed by atoms with van der Waals surface area (Å²) in [5, 5.41) is 3.08. The Morgan fingerprint density at radius 3 is 2.40 bits per heavy atom. The molecule has 1 aromatic carbocycles. The molecule has 1 atom stereocenters. The van der Waals surface area contributed by atoms with Crippen LogP contribution >= 0.6 is 0 Å². The number of likely N-dealkylation sites (tertiary alicyclic amines) is 1. The number of benzene rings is 1. The minimum Gasteiger partial charge on any atom is -0.468 e. The fourth-order valence-electron chi connectivity index (χ4n) is 3.36. The van der Waals surface area contributed by atoms with Gasteiger partial charge in [0, 0.05) is 12.1 Å². The average molecular weight is 340 g/mol. The average Bonchev–Trinajstić information content (AvgIpc) is 3.28. The first-order valence-corrected chi connectivity index (χ1v) is 9.11. The molecule has 0 spiro atoms. The molecule has 134 valence electrons. The topological polar surface area (TPSA) is 45.5 Å². The van der Waals surface area contributed by atoms with Gasteiger partial charge in [0.15, 0.2) is 0 Å². The van der Waals surface area contributed by atoms with Crippen molar-refractivity contribution in [3.63, 3.8) is 0 Å². The van der Waals surface area contributed by atoms with E-state index in [1.807, 2.05) is 36.4 Å². The summed E-state index contributed by atoms with van der Waals surface area (Å²) in [4.78, 5) is 14.9. The van der Waals surface area contributed by atoms with Gasteiger partial charge in [-0.25, -0.2) is 0 Å². The van der Waals surface area contributed by atoms with Crippen LogP contribution < -0.4 is 5.32 Å². The first-order chi connectivity index (χ1) is 11.9. The van der Waals surface area contributed by atoms with Crippen molar-refractivity contribution in [3.05, 3.63) is 59.5 Å². The SMILES string of the molecule is CC(C)(C)c1ccc(C(=O)NCC(c2ccco2)N2CCCC2)cc1. The number of nitrogens with zero attached hydrogens (tertiary/aromatic N) is 1. The van der Waals surface area contributed by atoms with E-state index in [-0.39, 0.29) is 17.4 Å². The third-order valence-electron chi connectivity index (χ3n) is 4.92. The van der Waals surface area contributed by atoms with Gasteiger partial charge in [0.05, 0.1) is 12.3 Å². The maximum atomic E-state index is 12.5. The number of carbonyl (C=O) groups excluding carboxylic acids is 1. The highest BCUT2D eigenvalue weighted by atomic mass is 16.3. The molecule has 25 heavy (non-hydrogen) atoms. The quantitative estimate of drug-likeness (QED) is 0.889. The summed E-state index contributed by atoms with van der Waals surface area (Å²) < 4.78 is 5.61. The molecule has 2 aromatic rings. The fraction of sp³-hybridized carbons (Fsp3) is 0.476. The van der Waals surface area contributed by atoms with Crippen molar-refractivity contribution in [2.75, 3.05) is 19.6 Å². The van der Waals surface area contributed by atoms with Crippen LogP contribution in [-0.2, 0) is 5.41 Å². The van der Waals surface area contributed by atoms with E-state index >= 15 is 0 Å². The smallest absolute Gasteiger partial charge is 0.251 e. The highest BCUT2D eigenvalue weighted by Gasteiger charge is 2.26. The van der Waals surface area contributed by atoms with E-state index in [1.54, 1.807) is 6.26 Å². The van der Waals surface area contributed by atoms with Gasteiger partial charge in [-0.2, -0.15) is 0 Å². The number of hydrogen-bond donors (Lipinski definition) is 1. The lowest BCUT2D eigenvalue weighted by Crippen LogP contribution is -2.36. The van der Waals surface area contributed by atoms with E-state index in [4.69, 9.17) is 4.42 Å². The predicted octanol–water partition coefficient (Wildman–Crippen LogP) is 4.14. The lowest BCUT2D eigenvalue weighted by atomic mass is 9.87. The van der Waals surface area contributed by atoms with Crippen LogP contribution in [0.25, 0.3) is 0 Å². The third kappa shape index (κ3) is 4.31. The van der Waals surface area contributed by atoms with E-state index in [0.717, 1.165) is 18.8 Å². The number of furan rings is 1. The van der Waals surface area contributed by atoms with Gasteiger partial charge < -0.3 is 9.73 Å². The van der Waals surface area contributed by atoms with E-state index < -0.39 is 0 Å². The number of hydrogen-bond acceptors (Lipinski definition) is 3. The van der Waals surface area contributed by atoms with Crippen LogP contribution in [0.15, 0.2) is 47.1 Å². The first-order valence-electron chi connectivity index (χ1n) is 9.11. The first kappa shape index (κ1) is 17.7. The Labute approximate surface area is 150 Å². The molecule has 0 saturated carbocycles. The van der Waals surface area contributed by atoms with Gasteiger partial charge in [0.1, 0.15) is 5.76 Å². The molecule has 1 fully saturated rings. The summed E-state index contributed by atoms with van der Waals surface area (Å²) in [5.74, 6) is 0.890. The summed E-state index contributed by atoms with van der Waals surface area (Å²) in [7, 11) is 0. The van der Waals surface area contributed by atoms with E-state index in [9.17, 15) is 4.79 Å². The van der Waals surface area contributed by atoms with Gasteiger partial charge in [-0.3, -0.25) is 9.69 Å². The van der Waals surface area contributed by atoms with Gasteiger partial charge in [-0.15, -0.1) is 0 Å². The Morgan fingerprint density at radius 1 is 1.16 bits per heavy atom. The minimum atomic E-state index is -0.0313. The molecule has 4 heteroatoms. The zero-order valence-corrected chi connectivity index (χ0v) is 15.4. The maximum Gasteiger partial charge on any atom is 0.251 e. The summed E-state index contributed by atoms with van der Waals surface area (Å²) in [6.45, 7) is 9.20. The van der Waals surface area contributed by atoms with Crippen LogP contribution in [0.1, 0.15) is 61.3 Å². The molecule has 3 rings (SSSR count). The van der Waals surface area contributed by atoms with Gasteiger partial charge in [0.25, 0.3) is 5.91 Å². The second-order valence-corrected chi connectivity index (χ2v) is 7.81. The van der Waals surface area contributed by atoms with Crippen molar-refractivity contribution < 1.29 is 9.21 Å². The van der Waals surface area contributed by atoms with Crippen LogP contribution in [0.3, 0.4) is 0 Å². The maximum absolute atomic E-state index is 12.5. The van der Waals surface area contributed by atoms with Crippen LogP contribution in [0.2, 0.25) is 0 Å². The third-order valence-corrected chi connectivity index (χ3v) is 4.92. The molecule has 0 aliphatic carbocycles. The Bertz CT molecular complexity index is 678. The zero-order chi connectivity index (χ0) is 17.9. The van der Waals surface area contributed by atoms with Gasteiger partial charge in [-0.1, -0.05) is 32.9 Å². The highest BCUT2D eigenvalue weighted by Crippen LogP contribution is 2.25. The van der Waals surface area contributed by atoms with Crippen molar-refractivity contribution in [1.82, 2.24) is 10.2 Å². The summed E-state index contributed by atoms with van der Waals surface area (Å²) in [6.07, 6.45) is 4.12. The van der Waals surface area contributed by atoms with Crippen molar-refractivity contribution in [1.29, 1.82) is 0 Å². The molecule has 1 aliphatic rings. The van der Waals surface area contributed by atoms with Crippen LogP contribution in [-0.4, -0.2) is 30.4 Å². The van der Waals surface area contributed by atoms with Crippen molar-refractivity contribution >= 4 is 5.91 Å². The van der Waals surface area contributed by atoms with Crippen molar-refractivity contribution in [2.24, 2.45) is 0 Å². The lowest BCUT2D eigenvalue weighted by molar-refractivity contribution is 0.0933. The molecule has 2 heterocycles. The summed E-state index contributed by atoms with van der Waals surface area (Å²) in [5.41, 5.74) is 2.02. The fourth-order valence-corrected chi connectivity index (χ4v) is 3.36. The Kier molecular flexibility index (Phi) is 5.28. The largest absolute Gasteiger partial charge is 0.468 e. The van der Waals surface area contributed by atoms with Crippen molar-refractivity contribution in [2.45, 2.75) is 45.1 Å². The van der Waals surface area contributed by atoms with Crippen LogP contribution in [0, 0.1) is 0 Å². The summed E-state index contributed by atoms with van der Waals surface area (Å²) >= 11 is 0. The predicted molar refractivity (Wildman–Crippen MR) is 99.7 cm³/mol. The van der Waals surface area contributed by atoms with Crippen molar-refractivity contribution in [3.8, 4) is 0 Å². The normalized spacial score (nSPS) is 16.8. The van der Waals surface area contributed by atoms with Gasteiger partial charge in [0.2, 0.25) is 0 Å². The molecule has 1 amide bonds. The summed E-state index contributed by atoms with van der Waals surface area (Å²) in [6, 6.07) is 11.9. The highest BCUT2D eigenvalue weighted by molar-refractivity contribution is 5.94. The second kappa shape index (κ2) is 7.44. The van der Waals surface area contributed by atoms with Gasteiger partial charge >= 0.3 is 0 Å². The van der Waals surface area contributed by atoms with Crippen LogP contribution in [0.5, 0.6) is 0 Å². The second-order valence-electron chi connectivity index (χ2n) is 7.81. The zero-order valence-electron chi connectivity index (χ0n) is 15.4. The molecule has 0 bridgehead atoms. The Hall–Kier alpha value is -2.07. The molecule has 1 saturated heterocycles. The molecule has 1 aliphatic heterocycles. The van der Waals surface area contributed by atoms with E-state index in [1.165, 1.54) is 18.4 Å². The van der Waals surface area contributed by atoms with E-state index in [0.29, 0.717) is 12.1 Å². The number of rotatable bonds is 5. The van der Waals surface area contributed by atoms with Gasteiger partial charge in [-0.05, 0) is 61.2 Å². The minimum absolute atomic E-state index is 0.0313. The molecule has 4 nitrogen and oxygen atoms in total. The number of amides is 1. The number of carbonyl (C=O) groups is 1. The molecular formula is C21H28N2O2. The molecule has 1 aromatic heterocycles. The number of nitrogens with one attached hydrogen (secondary N) is 1. The molecular weight excluding hydrogens is 312 g/mol. The standard InChI is InChI=1S/C21H28N2O2/c1-21(2,3)17-10-8-16(9-11-17)20(24)22-15-18(19-7-6-14-25-19)23-12-4-5-13-23/h6-11,14,18H,4-5,12-13,15H2,1-3H3,(H,22,24). The monoisotopic (exact) mass is 340 g/mol. The lowest BCUT2D eigenvalue weighted by Gasteiger charge is -2.26. The molecule has 0 radical (unpaired) electrons. The molecule has 1 unspecified atom stereocenters. The molecule has 1 N–H and O–H groups in total. The van der Waals surface area contributed by atoms with E-state index in [2.05, 4.69) is 31.0 Å². The Balaban J connectivity index is 1.65. The Morgan fingerprint density at radius 2 is 1.84 bits per heavy atom. The van der Waals surface area contributed by atoms with Crippen LogP contribution in [0.4, 0.5) is 0 Å².